The summed E-state index contributed by atoms with van der Waals surface area (Å²) < 4.78 is 20.7. The van der Waals surface area contributed by atoms with Crippen LogP contribution in [0.25, 0.3) is 0 Å². The third-order valence-corrected chi connectivity index (χ3v) is 7.31. The normalized spacial score (nSPS) is 19.0. The summed E-state index contributed by atoms with van der Waals surface area (Å²) in [5, 5.41) is 4.51. The Balaban J connectivity index is 1.54. The topological polar surface area (TPSA) is 54.6 Å². The van der Waals surface area contributed by atoms with E-state index in [4.69, 9.17) is 9.98 Å². The summed E-state index contributed by atoms with van der Waals surface area (Å²) in [6.07, 6.45) is 3.77. The fraction of sp³-hybridized carbons (Fsp3) is 0.179. The molecule has 1 fully saturated rings. The Morgan fingerprint density at radius 3 is 2.29 bits per heavy atom. The molecule has 0 spiro atoms. The molecule has 2 aliphatic rings. The first-order chi connectivity index (χ1) is 17.2. The van der Waals surface area contributed by atoms with Gasteiger partial charge in [-0.05, 0) is 43.0 Å². The summed E-state index contributed by atoms with van der Waals surface area (Å²) in [4.78, 5) is 10.2. The van der Waals surface area contributed by atoms with E-state index >= 15 is 4.39 Å². The number of hydrogen-bond donors (Lipinski definition) is 1. The van der Waals surface area contributed by atoms with Crippen LogP contribution < -0.4 is 3.53 Å². The third-order valence-electron chi connectivity index (χ3n) is 6.69. The summed E-state index contributed by atoms with van der Waals surface area (Å²) in [5.74, 6) is 0.730. The average Bonchev–Trinajstić information content (AvgIpc) is 3.66. The van der Waals surface area contributed by atoms with Crippen LogP contribution in [0.1, 0.15) is 35.2 Å². The first kappa shape index (κ1) is 22.2. The molecule has 174 valence electrons. The highest BCUT2D eigenvalue weighted by Crippen LogP contribution is 2.54. The van der Waals surface area contributed by atoms with E-state index in [1.165, 1.54) is 6.07 Å². The highest BCUT2D eigenvalue weighted by molar-refractivity contribution is 14.1. The average molecular weight is 575 g/mol. The molecule has 1 aliphatic heterocycles. The molecule has 3 aromatic carbocycles. The van der Waals surface area contributed by atoms with Crippen molar-refractivity contribution in [3.8, 4) is 0 Å². The zero-order valence-electron chi connectivity index (χ0n) is 18.9. The standard InChI is InChI=1S/C28H23FIN5/c29-24-14-13-22(32-27(19-7-3-1-4-8-19)20-9-5-2-6-10-20)17-23(24)28(21-11-12-21)25-15-16-31-35(25)18-26(33-28)34-30/h1-10,13-17,21H,11-12,18H2,(H,33,34). The molecular weight excluding hydrogens is 552 g/mol. The summed E-state index contributed by atoms with van der Waals surface area (Å²) in [7, 11) is 0. The molecule has 1 aliphatic carbocycles. The van der Waals surface area contributed by atoms with Crippen LogP contribution in [-0.4, -0.2) is 21.3 Å². The lowest BCUT2D eigenvalue weighted by molar-refractivity contribution is 0.392. The van der Waals surface area contributed by atoms with Gasteiger partial charge in [0, 0.05) is 22.9 Å². The number of nitrogens with one attached hydrogen (secondary N) is 1. The number of halogens is 2. The monoisotopic (exact) mass is 575 g/mol. The Bertz CT molecular complexity index is 1380. The molecular formula is C28H23FIN5. The fourth-order valence-corrected chi connectivity index (χ4v) is 5.28. The Morgan fingerprint density at radius 2 is 1.66 bits per heavy atom. The largest absolute Gasteiger partial charge is 0.315 e. The second-order valence-corrected chi connectivity index (χ2v) is 9.46. The molecule has 4 aromatic rings. The molecule has 0 radical (unpaired) electrons. The van der Waals surface area contributed by atoms with Crippen molar-refractivity contribution in [1.29, 1.82) is 0 Å². The van der Waals surface area contributed by atoms with Crippen molar-refractivity contribution in [1.82, 2.24) is 13.3 Å². The van der Waals surface area contributed by atoms with Gasteiger partial charge < -0.3 is 3.53 Å². The van der Waals surface area contributed by atoms with Crippen LogP contribution >= 0.6 is 22.9 Å². The number of rotatable bonds is 5. The molecule has 1 atom stereocenters. The quantitative estimate of drug-likeness (QED) is 0.175. The molecule has 0 amide bonds. The Morgan fingerprint density at radius 1 is 0.971 bits per heavy atom. The first-order valence-electron chi connectivity index (χ1n) is 11.7. The maximum Gasteiger partial charge on any atom is 0.135 e. The second-order valence-electron chi connectivity index (χ2n) is 8.92. The van der Waals surface area contributed by atoms with Gasteiger partial charge in [-0.2, -0.15) is 5.10 Å². The molecule has 0 saturated heterocycles. The molecule has 35 heavy (non-hydrogen) atoms. The molecule has 1 saturated carbocycles. The zero-order valence-corrected chi connectivity index (χ0v) is 21.1. The van der Waals surface area contributed by atoms with Crippen molar-refractivity contribution in [3.63, 3.8) is 0 Å². The van der Waals surface area contributed by atoms with Gasteiger partial charge in [0.05, 0.1) is 46.5 Å². The van der Waals surface area contributed by atoms with Crippen molar-refractivity contribution in [2.24, 2.45) is 15.9 Å². The number of aromatic nitrogens is 2. The van der Waals surface area contributed by atoms with Gasteiger partial charge in [-0.25, -0.2) is 9.38 Å². The predicted octanol–water partition coefficient (Wildman–Crippen LogP) is 6.20. The van der Waals surface area contributed by atoms with Gasteiger partial charge in [0.15, 0.2) is 0 Å². The van der Waals surface area contributed by atoms with Crippen molar-refractivity contribution < 1.29 is 4.39 Å². The molecule has 1 unspecified atom stereocenters. The molecule has 7 heteroatoms. The van der Waals surface area contributed by atoms with Crippen LogP contribution in [-0.2, 0) is 12.1 Å². The van der Waals surface area contributed by atoms with Gasteiger partial charge in [-0.15, -0.1) is 0 Å². The highest BCUT2D eigenvalue weighted by Gasteiger charge is 2.53. The van der Waals surface area contributed by atoms with Crippen molar-refractivity contribution in [3.05, 3.63) is 119 Å². The molecule has 2 heterocycles. The fourth-order valence-electron chi connectivity index (χ4n) is 4.99. The van der Waals surface area contributed by atoms with Crippen LogP contribution in [0.5, 0.6) is 0 Å². The van der Waals surface area contributed by atoms with Crippen molar-refractivity contribution >= 4 is 40.1 Å². The summed E-state index contributed by atoms with van der Waals surface area (Å²) in [6, 6.07) is 27.3. The van der Waals surface area contributed by atoms with Gasteiger partial charge in [-0.3, -0.25) is 9.67 Å². The van der Waals surface area contributed by atoms with E-state index in [0.29, 0.717) is 17.8 Å². The minimum atomic E-state index is -0.822. The third kappa shape index (κ3) is 3.97. The van der Waals surface area contributed by atoms with Crippen molar-refractivity contribution in [2.45, 2.75) is 24.9 Å². The summed E-state index contributed by atoms with van der Waals surface area (Å²) in [5.41, 5.74) is 4.21. The minimum Gasteiger partial charge on any atom is -0.315 e. The Labute approximate surface area is 217 Å². The molecule has 1 N–H and O–H groups in total. The lowest BCUT2D eigenvalue weighted by Crippen LogP contribution is -2.41. The van der Waals surface area contributed by atoms with Gasteiger partial charge in [0.2, 0.25) is 0 Å². The lowest BCUT2D eigenvalue weighted by atomic mass is 9.80. The van der Waals surface area contributed by atoms with E-state index < -0.39 is 5.54 Å². The Hall–Kier alpha value is -3.33. The zero-order chi connectivity index (χ0) is 23.8. The van der Waals surface area contributed by atoms with Crippen molar-refractivity contribution in [2.75, 3.05) is 0 Å². The molecule has 0 bridgehead atoms. The first-order valence-corrected chi connectivity index (χ1v) is 12.7. The summed E-state index contributed by atoms with van der Waals surface area (Å²) in [6.45, 7) is 0.547. The van der Waals surface area contributed by atoms with Crippen LogP contribution in [0.2, 0.25) is 0 Å². The maximum atomic E-state index is 15.6. The smallest absolute Gasteiger partial charge is 0.135 e. The van der Waals surface area contributed by atoms with E-state index in [1.54, 1.807) is 12.3 Å². The van der Waals surface area contributed by atoms with Gasteiger partial charge in [0.1, 0.15) is 17.2 Å². The molecule has 6 rings (SSSR count). The maximum absolute atomic E-state index is 15.6. The van der Waals surface area contributed by atoms with E-state index in [-0.39, 0.29) is 11.7 Å². The van der Waals surface area contributed by atoms with Gasteiger partial charge >= 0.3 is 0 Å². The SMILES string of the molecule is Fc1ccc(N=C(c2ccccc2)c2ccccc2)cc1C1(C2CC2)N=C(NI)Cn2nccc21. The van der Waals surface area contributed by atoms with Crippen LogP contribution in [0.3, 0.4) is 0 Å². The Kier molecular flexibility index (Phi) is 5.72. The highest BCUT2D eigenvalue weighted by atomic mass is 127. The number of benzene rings is 3. The number of nitrogens with zero attached hydrogens (tertiary/aromatic N) is 4. The van der Waals surface area contributed by atoms with Crippen LogP contribution in [0, 0.1) is 11.7 Å². The van der Waals surface area contributed by atoms with E-state index in [2.05, 4.69) is 31.5 Å². The molecule has 5 nitrogen and oxygen atoms in total. The second kappa shape index (κ2) is 9.03. The van der Waals surface area contributed by atoms with E-state index in [1.807, 2.05) is 77.5 Å². The lowest BCUT2D eigenvalue weighted by Gasteiger charge is -2.35. The minimum absolute atomic E-state index is 0.217. The number of hydrogen-bond acceptors (Lipinski definition) is 4. The number of aliphatic imine (C=N–C) groups is 2. The molecule has 1 aromatic heterocycles. The van der Waals surface area contributed by atoms with Gasteiger partial charge in [0.25, 0.3) is 0 Å². The summed E-state index contributed by atoms with van der Waals surface area (Å²) >= 11 is 2.09. The number of amidine groups is 1. The number of fused-ring (bicyclic) bond motifs is 1. The predicted molar refractivity (Wildman–Crippen MR) is 145 cm³/mol. The van der Waals surface area contributed by atoms with Crippen LogP contribution in [0.15, 0.2) is 101 Å². The van der Waals surface area contributed by atoms with Crippen LogP contribution in [0.4, 0.5) is 10.1 Å². The van der Waals surface area contributed by atoms with Gasteiger partial charge in [-0.1, -0.05) is 60.7 Å². The van der Waals surface area contributed by atoms with E-state index in [0.717, 1.165) is 41.2 Å². The van der Waals surface area contributed by atoms with E-state index in [9.17, 15) is 0 Å².